The van der Waals surface area contributed by atoms with Gasteiger partial charge in [-0.15, -0.1) is 0 Å². The van der Waals surface area contributed by atoms with E-state index in [-0.39, 0.29) is 11.5 Å². The van der Waals surface area contributed by atoms with E-state index in [9.17, 15) is 0 Å². The van der Waals surface area contributed by atoms with Gasteiger partial charge in [-0.1, -0.05) is 32.9 Å². The fourth-order valence-corrected chi connectivity index (χ4v) is 2.31. The van der Waals surface area contributed by atoms with Crippen molar-refractivity contribution in [1.29, 1.82) is 0 Å². The summed E-state index contributed by atoms with van der Waals surface area (Å²) in [5.41, 5.74) is 1.51. The second-order valence-corrected chi connectivity index (χ2v) is 7.08. The van der Waals surface area contributed by atoms with E-state index < -0.39 is 0 Å². The molecule has 0 saturated heterocycles. The van der Waals surface area contributed by atoms with Crippen molar-refractivity contribution >= 4 is 0 Å². The van der Waals surface area contributed by atoms with E-state index in [1.807, 2.05) is 0 Å². The molecule has 0 bridgehead atoms. The third kappa shape index (κ3) is 5.16. The molecule has 0 aliphatic heterocycles. The molecule has 1 fully saturated rings. The molecule has 20 heavy (non-hydrogen) atoms. The van der Waals surface area contributed by atoms with Gasteiger partial charge in [-0.25, -0.2) is 0 Å². The van der Waals surface area contributed by atoms with Crippen molar-refractivity contribution in [3.05, 3.63) is 29.8 Å². The van der Waals surface area contributed by atoms with Crippen molar-refractivity contribution in [2.75, 3.05) is 6.54 Å². The second kappa shape index (κ2) is 6.62. The standard InChI is InChI=1S/C18H29NO/c1-14(7-6-12-19-16-10-11-16)20-17-9-5-8-15(13-17)18(2,3)4/h5,8-9,13-14,16,19H,6-7,10-12H2,1-4H3. The number of hydrogen-bond donors (Lipinski definition) is 1. The van der Waals surface area contributed by atoms with Gasteiger partial charge in [0.2, 0.25) is 0 Å². The fraction of sp³-hybridized carbons (Fsp3) is 0.667. The predicted octanol–water partition coefficient (Wildman–Crippen LogP) is 4.28. The van der Waals surface area contributed by atoms with Gasteiger partial charge in [0.1, 0.15) is 5.75 Å². The molecule has 1 aromatic rings. The van der Waals surface area contributed by atoms with Gasteiger partial charge in [0, 0.05) is 6.04 Å². The number of nitrogens with one attached hydrogen (secondary N) is 1. The Hall–Kier alpha value is -1.02. The Morgan fingerprint density at radius 2 is 2.05 bits per heavy atom. The highest BCUT2D eigenvalue weighted by molar-refractivity contribution is 5.32. The van der Waals surface area contributed by atoms with Gasteiger partial charge in [-0.05, 0) is 62.3 Å². The molecule has 1 aliphatic carbocycles. The Balaban J connectivity index is 1.76. The van der Waals surface area contributed by atoms with E-state index >= 15 is 0 Å². The van der Waals surface area contributed by atoms with Crippen LogP contribution in [0.15, 0.2) is 24.3 Å². The van der Waals surface area contributed by atoms with Crippen LogP contribution in [0, 0.1) is 0 Å². The Kier molecular flexibility index (Phi) is 5.09. The van der Waals surface area contributed by atoms with Crippen LogP contribution < -0.4 is 10.1 Å². The molecule has 112 valence electrons. The minimum atomic E-state index is 0.177. The summed E-state index contributed by atoms with van der Waals surface area (Å²) in [6, 6.07) is 9.33. The van der Waals surface area contributed by atoms with Gasteiger partial charge in [0.05, 0.1) is 6.10 Å². The Morgan fingerprint density at radius 1 is 1.30 bits per heavy atom. The Labute approximate surface area is 123 Å². The molecule has 1 atom stereocenters. The summed E-state index contributed by atoms with van der Waals surface area (Å²) >= 11 is 0. The molecule has 1 unspecified atom stereocenters. The number of ether oxygens (including phenoxy) is 1. The molecule has 0 spiro atoms. The summed E-state index contributed by atoms with van der Waals surface area (Å²) in [5.74, 6) is 1.00. The largest absolute Gasteiger partial charge is 0.491 e. The molecule has 0 radical (unpaired) electrons. The van der Waals surface area contributed by atoms with Crippen LogP contribution in [0.2, 0.25) is 0 Å². The molecule has 2 rings (SSSR count). The van der Waals surface area contributed by atoms with E-state index in [0.717, 1.165) is 24.8 Å². The molecular formula is C18H29NO. The minimum absolute atomic E-state index is 0.177. The smallest absolute Gasteiger partial charge is 0.119 e. The van der Waals surface area contributed by atoms with Crippen LogP contribution in [-0.2, 0) is 5.41 Å². The summed E-state index contributed by atoms with van der Waals surface area (Å²) in [7, 11) is 0. The Morgan fingerprint density at radius 3 is 2.70 bits per heavy atom. The molecular weight excluding hydrogens is 246 g/mol. The van der Waals surface area contributed by atoms with Gasteiger partial charge >= 0.3 is 0 Å². The minimum Gasteiger partial charge on any atom is -0.491 e. The van der Waals surface area contributed by atoms with Gasteiger partial charge in [0.25, 0.3) is 0 Å². The van der Waals surface area contributed by atoms with Crippen molar-refractivity contribution in [3.63, 3.8) is 0 Å². The lowest BCUT2D eigenvalue weighted by atomic mass is 9.87. The highest BCUT2D eigenvalue weighted by Crippen LogP contribution is 2.26. The van der Waals surface area contributed by atoms with Crippen molar-refractivity contribution < 1.29 is 4.74 Å². The van der Waals surface area contributed by atoms with Crippen LogP contribution in [0.4, 0.5) is 0 Å². The SMILES string of the molecule is CC(CCCNC1CC1)Oc1cccc(C(C)(C)C)c1. The van der Waals surface area contributed by atoms with Gasteiger partial charge in [-0.2, -0.15) is 0 Å². The molecule has 2 heteroatoms. The quantitative estimate of drug-likeness (QED) is 0.750. The summed E-state index contributed by atoms with van der Waals surface area (Å²) < 4.78 is 6.05. The van der Waals surface area contributed by atoms with E-state index in [0.29, 0.717) is 0 Å². The average Bonchev–Trinajstić information content (AvgIpc) is 3.18. The number of rotatable bonds is 7. The molecule has 0 heterocycles. The fourth-order valence-electron chi connectivity index (χ4n) is 2.31. The van der Waals surface area contributed by atoms with Crippen molar-refractivity contribution in [2.24, 2.45) is 0 Å². The second-order valence-electron chi connectivity index (χ2n) is 7.08. The molecule has 0 aromatic heterocycles. The zero-order valence-electron chi connectivity index (χ0n) is 13.4. The molecule has 0 amide bonds. The molecule has 2 nitrogen and oxygen atoms in total. The van der Waals surface area contributed by atoms with Gasteiger partial charge in [0.15, 0.2) is 0 Å². The highest BCUT2D eigenvalue weighted by atomic mass is 16.5. The third-order valence-electron chi connectivity index (χ3n) is 3.84. The van der Waals surface area contributed by atoms with E-state index in [1.165, 1.54) is 24.8 Å². The zero-order valence-corrected chi connectivity index (χ0v) is 13.4. The van der Waals surface area contributed by atoms with Crippen LogP contribution in [0.3, 0.4) is 0 Å². The van der Waals surface area contributed by atoms with Crippen LogP contribution in [0.1, 0.15) is 58.9 Å². The molecule has 1 aromatic carbocycles. The van der Waals surface area contributed by atoms with Gasteiger partial charge < -0.3 is 10.1 Å². The topological polar surface area (TPSA) is 21.3 Å². The summed E-state index contributed by atoms with van der Waals surface area (Å²) in [6.45, 7) is 10.00. The summed E-state index contributed by atoms with van der Waals surface area (Å²) in [5, 5.41) is 3.55. The first kappa shape index (κ1) is 15.4. The first-order chi connectivity index (χ1) is 9.45. The predicted molar refractivity (Wildman–Crippen MR) is 85.5 cm³/mol. The third-order valence-corrected chi connectivity index (χ3v) is 3.84. The van der Waals surface area contributed by atoms with Crippen molar-refractivity contribution in [2.45, 2.75) is 70.9 Å². The zero-order chi connectivity index (χ0) is 14.6. The maximum atomic E-state index is 6.05. The van der Waals surface area contributed by atoms with Crippen LogP contribution in [0.25, 0.3) is 0 Å². The van der Waals surface area contributed by atoms with Gasteiger partial charge in [-0.3, -0.25) is 0 Å². The van der Waals surface area contributed by atoms with E-state index in [4.69, 9.17) is 4.74 Å². The van der Waals surface area contributed by atoms with Crippen LogP contribution in [-0.4, -0.2) is 18.7 Å². The van der Waals surface area contributed by atoms with Crippen molar-refractivity contribution in [3.8, 4) is 5.75 Å². The first-order valence-electron chi connectivity index (χ1n) is 7.96. The molecule has 1 N–H and O–H groups in total. The van der Waals surface area contributed by atoms with Crippen LogP contribution >= 0.6 is 0 Å². The maximum Gasteiger partial charge on any atom is 0.119 e. The molecule has 1 saturated carbocycles. The van der Waals surface area contributed by atoms with Crippen LogP contribution in [0.5, 0.6) is 5.75 Å². The number of hydrogen-bond acceptors (Lipinski definition) is 2. The van der Waals surface area contributed by atoms with E-state index in [2.05, 4.69) is 57.3 Å². The Bertz CT molecular complexity index is 418. The lowest BCUT2D eigenvalue weighted by Gasteiger charge is -2.21. The summed E-state index contributed by atoms with van der Waals surface area (Å²) in [4.78, 5) is 0. The lowest BCUT2D eigenvalue weighted by molar-refractivity contribution is 0.207. The monoisotopic (exact) mass is 275 g/mol. The molecule has 1 aliphatic rings. The van der Waals surface area contributed by atoms with E-state index in [1.54, 1.807) is 0 Å². The summed E-state index contributed by atoms with van der Waals surface area (Å²) in [6.07, 6.45) is 5.32. The highest BCUT2D eigenvalue weighted by Gasteiger charge is 2.19. The average molecular weight is 275 g/mol. The first-order valence-corrected chi connectivity index (χ1v) is 7.96. The maximum absolute atomic E-state index is 6.05. The normalized spacial score (nSPS) is 17.0. The number of benzene rings is 1. The van der Waals surface area contributed by atoms with Crippen molar-refractivity contribution in [1.82, 2.24) is 5.32 Å². The lowest BCUT2D eigenvalue weighted by Crippen LogP contribution is -2.20.